The molecule has 2 rings (SSSR count). The topological polar surface area (TPSA) is 37.4 Å². The second-order valence-corrected chi connectivity index (χ2v) is 6.94. The smallest absolute Gasteiger partial charge is 0.207 e. The minimum Gasteiger partial charge on any atom is -0.207 e. The third-order valence-electron chi connectivity index (χ3n) is 3.07. The van der Waals surface area contributed by atoms with Gasteiger partial charge in [0, 0.05) is 18.1 Å². The fraction of sp³-hybridized carbons (Fsp3) is 0.500. The van der Waals surface area contributed by atoms with Gasteiger partial charge in [-0.3, -0.25) is 0 Å². The molecule has 1 atom stereocenters. The van der Waals surface area contributed by atoms with E-state index >= 15 is 0 Å². The van der Waals surface area contributed by atoms with Crippen molar-refractivity contribution in [3.63, 3.8) is 0 Å². The number of nitrogens with zero attached hydrogens (tertiary/aromatic N) is 1. The molecule has 1 fully saturated rings. The molecule has 1 aromatic carbocycles. The molecule has 1 aliphatic heterocycles. The summed E-state index contributed by atoms with van der Waals surface area (Å²) in [4.78, 5) is 0.330. The molecule has 1 aromatic rings. The Balaban J connectivity index is 2.26. The summed E-state index contributed by atoms with van der Waals surface area (Å²) >= 11 is 5.76. The van der Waals surface area contributed by atoms with Crippen molar-refractivity contribution >= 4 is 21.6 Å². The van der Waals surface area contributed by atoms with Crippen molar-refractivity contribution in [2.24, 2.45) is 5.92 Å². The van der Waals surface area contributed by atoms with E-state index in [4.69, 9.17) is 11.6 Å². The lowest BCUT2D eigenvalue weighted by Gasteiger charge is -2.30. The molecule has 0 N–H and O–H groups in total. The second kappa shape index (κ2) is 4.96. The van der Waals surface area contributed by atoms with Gasteiger partial charge in [0.2, 0.25) is 10.0 Å². The van der Waals surface area contributed by atoms with E-state index in [1.165, 1.54) is 0 Å². The first-order valence-electron chi connectivity index (χ1n) is 5.76. The number of hydrogen-bond acceptors (Lipinski definition) is 2. The summed E-state index contributed by atoms with van der Waals surface area (Å²) in [5.41, 5.74) is 0. The van der Waals surface area contributed by atoms with Crippen molar-refractivity contribution in [1.82, 2.24) is 4.31 Å². The lowest BCUT2D eigenvalue weighted by Crippen LogP contribution is -2.39. The molecule has 1 heterocycles. The van der Waals surface area contributed by atoms with Crippen LogP contribution < -0.4 is 0 Å². The first-order valence-corrected chi connectivity index (χ1v) is 7.57. The largest absolute Gasteiger partial charge is 0.243 e. The Morgan fingerprint density at radius 1 is 1.29 bits per heavy atom. The monoisotopic (exact) mass is 273 g/mol. The minimum atomic E-state index is -3.34. The predicted molar refractivity (Wildman–Crippen MR) is 68.6 cm³/mol. The zero-order valence-corrected chi connectivity index (χ0v) is 11.3. The summed E-state index contributed by atoms with van der Waals surface area (Å²) in [6.07, 6.45) is 2.04. The second-order valence-electron chi connectivity index (χ2n) is 4.56. The van der Waals surface area contributed by atoms with Gasteiger partial charge in [0.15, 0.2) is 0 Å². The predicted octanol–water partition coefficient (Wildman–Crippen LogP) is 2.76. The van der Waals surface area contributed by atoms with Gasteiger partial charge in [-0.15, -0.1) is 0 Å². The molecule has 0 spiro atoms. The van der Waals surface area contributed by atoms with Crippen LogP contribution in [-0.2, 0) is 10.0 Å². The van der Waals surface area contributed by atoms with Crippen LogP contribution in [0, 0.1) is 5.92 Å². The van der Waals surface area contributed by atoms with Gasteiger partial charge in [-0.1, -0.05) is 18.5 Å². The Morgan fingerprint density at radius 2 is 1.94 bits per heavy atom. The summed E-state index contributed by atoms with van der Waals surface area (Å²) in [5, 5.41) is 0.552. The number of piperidine rings is 1. The standard InChI is InChI=1S/C12H16ClNO2S/c1-10-3-2-8-14(9-10)17(15,16)12-6-4-11(13)5-7-12/h4-7,10H,2-3,8-9H2,1H3/t10-/m0/s1. The van der Waals surface area contributed by atoms with Crippen LogP contribution in [-0.4, -0.2) is 25.8 Å². The van der Waals surface area contributed by atoms with E-state index in [9.17, 15) is 8.42 Å². The van der Waals surface area contributed by atoms with E-state index in [1.807, 2.05) is 0 Å². The molecule has 5 heteroatoms. The quantitative estimate of drug-likeness (QED) is 0.831. The van der Waals surface area contributed by atoms with Crippen molar-refractivity contribution in [3.8, 4) is 0 Å². The summed E-state index contributed by atoms with van der Waals surface area (Å²) in [7, 11) is -3.34. The molecule has 17 heavy (non-hydrogen) atoms. The Labute approximate surface area is 107 Å². The molecule has 0 amide bonds. The third-order valence-corrected chi connectivity index (χ3v) is 5.20. The van der Waals surface area contributed by atoms with Crippen molar-refractivity contribution < 1.29 is 8.42 Å². The van der Waals surface area contributed by atoms with Crippen molar-refractivity contribution in [2.75, 3.05) is 13.1 Å². The molecule has 0 aliphatic carbocycles. The van der Waals surface area contributed by atoms with Gasteiger partial charge in [-0.2, -0.15) is 4.31 Å². The van der Waals surface area contributed by atoms with Gasteiger partial charge in [0.25, 0.3) is 0 Å². The van der Waals surface area contributed by atoms with Gasteiger partial charge < -0.3 is 0 Å². The van der Waals surface area contributed by atoms with E-state index in [0.29, 0.717) is 28.9 Å². The van der Waals surface area contributed by atoms with Crippen molar-refractivity contribution in [3.05, 3.63) is 29.3 Å². The molecule has 1 saturated heterocycles. The SMILES string of the molecule is C[C@H]1CCCN(S(=O)(=O)c2ccc(Cl)cc2)C1. The van der Waals surface area contributed by atoms with Crippen LogP contribution in [0.4, 0.5) is 0 Å². The highest BCUT2D eigenvalue weighted by atomic mass is 35.5. The average molecular weight is 274 g/mol. The molecular weight excluding hydrogens is 258 g/mol. The molecule has 0 saturated carbocycles. The molecule has 0 bridgehead atoms. The molecule has 94 valence electrons. The average Bonchev–Trinajstić information content (AvgIpc) is 2.29. The number of halogens is 1. The van der Waals surface area contributed by atoms with Crippen molar-refractivity contribution in [1.29, 1.82) is 0 Å². The Bertz CT molecular complexity index is 484. The Morgan fingerprint density at radius 3 is 2.53 bits per heavy atom. The van der Waals surface area contributed by atoms with E-state index in [2.05, 4.69) is 6.92 Å². The minimum absolute atomic E-state index is 0.330. The number of hydrogen-bond donors (Lipinski definition) is 0. The Kier molecular flexibility index (Phi) is 3.76. The van der Waals surface area contributed by atoms with Gasteiger partial charge in [0.1, 0.15) is 0 Å². The first-order chi connectivity index (χ1) is 8.00. The summed E-state index contributed by atoms with van der Waals surface area (Å²) in [6, 6.07) is 6.36. The third kappa shape index (κ3) is 2.81. The van der Waals surface area contributed by atoms with Gasteiger partial charge in [0.05, 0.1) is 4.90 Å². The maximum Gasteiger partial charge on any atom is 0.243 e. The summed E-state index contributed by atoms with van der Waals surface area (Å²) < 4.78 is 26.2. The number of benzene rings is 1. The highest BCUT2D eigenvalue weighted by molar-refractivity contribution is 7.89. The van der Waals surface area contributed by atoms with Crippen LogP contribution in [0.5, 0.6) is 0 Å². The number of sulfonamides is 1. The van der Waals surface area contributed by atoms with E-state index < -0.39 is 10.0 Å². The molecule has 0 aromatic heterocycles. The molecule has 0 unspecified atom stereocenters. The normalized spacial score (nSPS) is 22.6. The lowest BCUT2D eigenvalue weighted by molar-refractivity contribution is 0.281. The van der Waals surface area contributed by atoms with E-state index in [1.54, 1.807) is 28.6 Å². The Hall–Kier alpha value is -0.580. The highest BCUT2D eigenvalue weighted by Crippen LogP contribution is 2.24. The van der Waals surface area contributed by atoms with E-state index in [-0.39, 0.29) is 0 Å². The van der Waals surface area contributed by atoms with E-state index in [0.717, 1.165) is 12.8 Å². The number of rotatable bonds is 2. The maximum absolute atomic E-state index is 12.3. The van der Waals surface area contributed by atoms with Crippen LogP contribution in [0.2, 0.25) is 5.02 Å². The molecule has 1 aliphatic rings. The van der Waals surface area contributed by atoms with Gasteiger partial charge >= 0.3 is 0 Å². The lowest BCUT2D eigenvalue weighted by atomic mass is 10.0. The highest BCUT2D eigenvalue weighted by Gasteiger charge is 2.28. The fourth-order valence-corrected chi connectivity index (χ4v) is 3.84. The fourth-order valence-electron chi connectivity index (χ4n) is 2.12. The van der Waals surface area contributed by atoms with Gasteiger partial charge in [-0.05, 0) is 43.0 Å². The zero-order chi connectivity index (χ0) is 12.5. The zero-order valence-electron chi connectivity index (χ0n) is 9.77. The van der Waals surface area contributed by atoms with Crippen LogP contribution in [0.15, 0.2) is 29.2 Å². The first kappa shape index (κ1) is 12.9. The van der Waals surface area contributed by atoms with Crippen LogP contribution in [0.25, 0.3) is 0 Å². The van der Waals surface area contributed by atoms with Crippen LogP contribution in [0.3, 0.4) is 0 Å². The van der Waals surface area contributed by atoms with Crippen LogP contribution in [0.1, 0.15) is 19.8 Å². The molecule has 0 radical (unpaired) electrons. The summed E-state index contributed by atoms with van der Waals surface area (Å²) in [6.45, 7) is 3.32. The van der Waals surface area contributed by atoms with Crippen LogP contribution >= 0.6 is 11.6 Å². The van der Waals surface area contributed by atoms with Gasteiger partial charge in [-0.25, -0.2) is 8.42 Å². The summed E-state index contributed by atoms with van der Waals surface area (Å²) in [5.74, 6) is 0.436. The van der Waals surface area contributed by atoms with Crippen molar-refractivity contribution in [2.45, 2.75) is 24.7 Å². The molecular formula is C12H16ClNO2S. The molecule has 3 nitrogen and oxygen atoms in total. The maximum atomic E-state index is 12.3.